The number of amides is 3. The highest BCUT2D eigenvalue weighted by molar-refractivity contribution is 8.00. The van der Waals surface area contributed by atoms with E-state index in [2.05, 4.69) is 10.3 Å². The molecule has 7 rings (SSSR count). The Morgan fingerprint density at radius 1 is 1.04 bits per heavy atom. The summed E-state index contributed by atoms with van der Waals surface area (Å²) in [5.41, 5.74) is 2.64. The summed E-state index contributed by atoms with van der Waals surface area (Å²) in [6.45, 7) is 5.19. The van der Waals surface area contributed by atoms with Gasteiger partial charge in [0.05, 0.1) is 16.9 Å². The third-order valence-electron chi connectivity index (χ3n) is 9.95. The number of carbonyl (C=O) groups is 4. The monoisotopic (exact) mass is 647 g/mol. The fourth-order valence-corrected chi connectivity index (χ4v) is 11.1. The number of rotatable bonds is 8. The molecule has 3 heterocycles. The average Bonchev–Trinajstić information content (AvgIpc) is 3.73. The first-order chi connectivity index (χ1) is 21.5. The average molecular weight is 648 g/mol. The zero-order valence-electron chi connectivity index (χ0n) is 24.9. The molecule has 10 nitrogen and oxygen atoms in total. The van der Waals surface area contributed by atoms with Gasteiger partial charge in [-0.1, -0.05) is 55.5 Å². The molecule has 234 valence electrons. The Balaban J connectivity index is 1.15. The molecular formula is C33H33N3O7S2. The molecule has 3 aromatic rings. The van der Waals surface area contributed by atoms with Gasteiger partial charge in [-0.2, -0.15) is 0 Å². The van der Waals surface area contributed by atoms with E-state index in [4.69, 9.17) is 4.74 Å². The number of benzene rings is 2. The van der Waals surface area contributed by atoms with Crippen molar-refractivity contribution in [3.8, 4) is 5.75 Å². The summed E-state index contributed by atoms with van der Waals surface area (Å²) in [6, 6.07) is 13.8. The molecular weight excluding hydrogens is 615 g/mol. The number of imide groups is 1. The van der Waals surface area contributed by atoms with Crippen molar-refractivity contribution in [2.45, 2.75) is 49.4 Å². The van der Waals surface area contributed by atoms with Crippen molar-refractivity contribution in [1.29, 1.82) is 0 Å². The normalized spacial score (nSPS) is 28.5. The molecule has 2 aromatic carbocycles. The van der Waals surface area contributed by atoms with Crippen molar-refractivity contribution in [1.82, 2.24) is 9.88 Å². The molecule has 1 aromatic heterocycles. The van der Waals surface area contributed by atoms with E-state index in [9.17, 15) is 29.1 Å². The number of aliphatic carboxylic acids is 1. The number of aryl methyl sites for hydroxylation is 1. The second-order valence-electron chi connectivity index (χ2n) is 12.8. The number of aromatic nitrogens is 1. The van der Waals surface area contributed by atoms with Crippen molar-refractivity contribution in [2.75, 3.05) is 11.9 Å². The number of nitrogens with zero attached hydrogens (tertiary/aromatic N) is 1. The highest BCUT2D eigenvalue weighted by atomic mass is 32.2. The maximum absolute atomic E-state index is 13.8. The quantitative estimate of drug-likeness (QED) is 0.306. The summed E-state index contributed by atoms with van der Waals surface area (Å²) >= 11 is 2.76. The maximum Gasteiger partial charge on any atom is 0.327 e. The van der Waals surface area contributed by atoms with Gasteiger partial charge in [-0.25, -0.2) is 4.79 Å². The summed E-state index contributed by atoms with van der Waals surface area (Å²) in [6.07, 6.45) is 0.718. The van der Waals surface area contributed by atoms with Crippen LogP contribution in [0.4, 0.5) is 5.69 Å². The number of thiazole rings is 1. The van der Waals surface area contributed by atoms with Crippen molar-refractivity contribution in [3.63, 3.8) is 0 Å². The van der Waals surface area contributed by atoms with Crippen molar-refractivity contribution >= 4 is 52.5 Å². The number of nitrogens with one attached hydrogen (secondary N) is 2. The lowest BCUT2D eigenvalue weighted by molar-refractivity contribution is -0.157. The largest absolute Gasteiger partial charge is 0.484 e. The predicted octanol–water partition coefficient (Wildman–Crippen LogP) is 4.34. The van der Waals surface area contributed by atoms with Gasteiger partial charge in [0.25, 0.3) is 5.91 Å². The number of carbonyl (C=O) groups excluding carboxylic acids is 3. The van der Waals surface area contributed by atoms with Gasteiger partial charge in [0.2, 0.25) is 11.8 Å². The number of fused-ring (bicyclic) bond motifs is 9. The molecule has 12 heteroatoms. The number of thioether (sulfide) groups is 1. The fourth-order valence-electron chi connectivity index (χ4n) is 8.20. The fraction of sp³-hybridized carbons (Fsp3) is 0.424. The topological polar surface area (TPSA) is 146 Å². The Morgan fingerprint density at radius 2 is 1.73 bits per heavy atom. The first kappa shape index (κ1) is 29.8. The molecule has 3 amide bonds. The lowest BCUT2D eigenvalue weighted by Crippen LogP contribution is -2.49. The van der Waals surface area contributed by atoms with E-state index in [0.29, 0.717) is 5.75 Å². The number of aromatic amines is 1. The Labute approximate surface area is 267 Å². The van der Waals surface area contributed by atoms with Crippen LogP contribution in [0.25, 0.3) is 0 Å². The maximum atomic E-state index is 13.8. The van der Waals surface area contributed by atoms with Crippen molar-refractivity contribution in [3.05, 3.63) is 74.2 Å². The number of hydrogen-bond donors (Lipinski definition) is 3. The van der Waals surface area contributed by atoms with Crippen LogP contribution in [0.3, 0.4) is 0 Å². The van der Waals surface area contributed by atoms with Gasteiger partial charge in [-0.05, 0) is 66.3 Å². The molecule has 4 aliphatic rings. The summed E-state index contributed by atoms with van der Waals surface area (Å²) in [5.74, 6) is -3.56. The second kappa shape index (κ2) is 11.2. The van der Waals surface area contributed by atoms with E-state index < -0.39 is 29.8 Å². The summed E-state index contributed by atoms with van der Waals surface area (Å²) < 4.78 is 5.78. The van der Waals surface area contributed by atoms with Gasteiger partial charge in [0.1, 0.15) is 11.8 Å². The summed E-state index contributed by atoms with van der Waals surface area (Å²) in [4.78, 5) is 69.6. The van der Waals surface area contributed by atoms with Gasteiger partial charge in [-0.3, -0.25) is 24.1 Å². The molecule has 2 aliphatic carbocycles. The number of carboxylic acid groups (broad SMARTS) is 1. The standard InChI is InChI=1S/C33H33N3O7S2/c1-14(2)26(32(40)41)36-30(38)24-18-12-19(25(24)31(36)39)27-23(18)22(28-29(44-27)35-33(42)45-28)16-8-10-17(11-9-16)43-13-21(37)34-20-7-5-4-6-15(20)3/h4-11,14,18-19,22-27H,12-13H2,1-3H3,(H,34,37)(H,35,42)(H,40,41)/t18?,19?,22-,23?,24?,25?,26?,27?/m1/s1. The van der Waals surface area contributed by atoms with Gasteiger partial charge in [0, 0.05) is 21.7 Å². The minimum absolute atomic E-state index is 0.000839. The van der Waals surface area contributed by atoms with Crippen LogP contribution in [0.5, 0.6) is 5.75 Å². The molecule has 2 aliphatic heterocycles. The van der Waals surface area contributed by atoms with Crippen LogP contribution in [-0.2, 0) is 19.2 Å². The van der Waals surface area contributed by atoms with Crippen LogP contribution in [0.2, 0.25) is 0 Å². The van der Waals surface area contributed by atoms with Crippen LogP contribution in [-0.4, -0.2) is 56.6 Å². The lowest BCUT2D eigenvalue weighted by atomic mass is 9.68. The van der Waals surface area contributed by atoms with Crippen LogP contribution in [0.1, 0.15) is 42.2 Å². The second-order valence-corrected chi connectivity index (χ2v) is 15.0. The number of carboxylic acids is 1. The van der Waals surface area contributed by atoms with Crippen LogP contribution < -0.4 is 14.9 Å². The number of likely N-dealkylation sites (tertiary alicyclic amines) is 1. The highest BCUT2D eigenvalue weighted by Gasteiger charge is 2.70. The third-order valence-corrected chi connectivity index (χ3v) is 12.5. The van der Waals surface area contributed by atoms with E-state index in [1.54, 1.807) is 25.6 Å². The molecule has 0 radical (unpaired) electrons. The zero-order valence-corrected chi connectivity index (χ0v) is 26.5. The SMILES string of the molecule is Cc1ccccc1NC(=O)COc1ccc([C@H]2c3sc(=O)[nH]c3SC3C4CC(C5C(=O)N(C(C(=O)O)C(C)C)C(=O)C45)C32)cc1. The molecule has 45 heavy (non-hydrogen) atoms. The molecule has 2 saturated carbocycles. The first-order valence-corrected chi connectivity index (χ1v) is 16.8. The third kappa shape index (κ3) is 4.80. The van der Waals surface area contributed by atoms with E-state index >= 15 is 0 Å². The first-order valence-electron chi connectivity index (χ1n) is 15.1. The van der Waals surface area contributed by atoms with Gasteiger partial charge < -0.3 is 20.1 Å². The molecule has 3 N–H and O–H groups in total. The highest BCUT2D eigenvalue weighted by Crippen LogP contribution is 2.68. The molecule has 2 bridgehead atoms. The van der Waals surface area contributed by atoms with Gasteiger partial charge >= 0.3 is 10.8 Å². The Kier molecular flexibility index (Phi) is 7.39. The Morgan fingerprint density at radius 3 is 2.40 bits per heavy atom. The molecule has 3 fully saturated rings. The zero-order chi connectivity index (χ0) is 31.7. The number of hydrogen-bond acceptors (Lipinski definition) is 8. The van der Waals surface area contributed by atoms with Crippen molar-refractivity contribution < 1.29 is 29.0 Å². The molecule has 1 saturated heterocycles. The number of para-hydroxylation sites is 1. The smallest absolute Gasteiger partial charge is 0.327 e. The van der Waals surface area contributed by atoms with Crippen LogP contribution in [0.15, 0.2) is 58.4 Å². The van der Waals surface area contributed by atoms with E-state index in [0.717, 1.165) is 38.0 Å². The van der Waals surface area contributed by atoms with E-state index in [-0.39, 0.29) is 58.1 Å². The Hall–Kier alpha value is -3.90. The lowest BCUT2D eigenvalue weighted by Gasteiger charge is -2.43. The number of anilines is 1. The number of H-pyrrole nitrogens is 1. The molecule has 7 unspecified atom stereocenters. The number of ether oxygens (including phenoxy) is 1. The minimum Gasteiger partial charge on any atom is -0.484 e. The van der Waals surface area contributed by atoms with E-state index in [1.165, 1.54) is 11.3 Å². The Bertz CT molecular complexity index is 1770. The summed E-state index contributed by atoms with van der Waals surface area (Å²) in [5, 5.41) is 13.6. The van der Waals surface area contributed by atoms with Gasteiger partial charge in [-0.15, -0.1) is 11.8 Å². The summed E-state index contributed by atoms with van der Waals surface area (Å²) in [7, 11) is 0. The predicted molar refractivity (Wildman–Crippen MR) is 168 cm³/mol. The van der Waals surface area contributed by atoms with Crippen LogP contribution >= 0.6 is 23.1 Å². The molecule has 8 atom stereocenters. The minimum atomic E-state index is -1.19. The molecule has 0 spiro atoms. The van der Waals surface area contributed by atoms with Gasteiger partial charge in [0.15, 0.2) is 6.61 Å². The van der Waals surface area contributed by atoms with E-state index in [1.807, 2.05) is 55.5 Å². The van der Waals surface area contributed by atoms with Crippen LogP contribution in [0, 0.1) is 42.4 Å². The van der Waals surface area contributed by atoms with Crippen molar-refractivity contribution in [2.24, 2.45) is 35.5 Å².